The molecular formula is C17H24ClFN4O3. The van der Waals surface area contributed by atoms with E-state index in [-0.39, 0.29) is 30.6 Å². The molecule has 2 rings (SSSR count). The first-order valence-electron chi connectivity index (χ1n) is 8.15. The highest BCUT2D eigenvalue weighted by Gasteiger charge is 2.11. The van der Waals surface area contributed by atoms with Gasteiger partial charge in [-0.15, -0.1) is 12.4 Å². The summed E-state index contributed by atoms with van der Waals surface area (Å²) in [5, 5.41) is 9.77. The molecule has 1 aromatic carbocycles. The maximum absolute atomic E-state index is 13.6. The molecule has 26 heavy (non-hydrogen) atoms. The average Bonchev–Trinajstić information content (AvgIpc) is 3.07. The van der Waals surface area contributed by atoms with Crippen molar-refractivity contribution in [1.29, 1.82) is 0 Å². The molecule has 0 bridgehead atoms. The van der Waals surface area contributed by atoms with Crippen LogP contribution in [0.2, 0.25) is 0 Å². The Morgan fingerprint density at radius 3 is 2.85 bits per heavy atom. The van der Waals surface area contributed by atoms with Crippen LogP contribution in [-0.2, 0) is 16.0 Å². The molecule has 7 nitrogen and oxygen atoms in total. The number of ether oxygens (including phenoxy) is 1. The summed E-state index contributed by atoms with van der Waals surface area (Å²) in [4.78, 5) is 16.0. The SMILES string of the molecule is COCCNCCNC(=O)CCc1nc(-c2ccc(C)c(F)c2)no1.Cl. The van der Waals surface area contributed by atoms with Crippen LogP contribution in [0.1, 0.15) is 17.9 Å². The van der Waals surface area contributed by atoms with Gasteiger partial charge in [-0.25, -0.2) is 4.39 Å². The molecule has 2 N–H and O–H groups in total. The standard InChI is InChI=1S/C17H23FN4O3.ClH/c1-12-3-4-13(11-14(12)18)17-21-16(25-22-17)6-5-15(23)20-8-7-19-9-10-24-2;/h3-4,11,19H,5-10H2,1-2H3,(H,20,23);1H. The van der Waals surface area contributed by atoms with Crippen LogP contribution in [0.15, 0.2) is 22.7 Å². The normalized spacial score (nSPS) is 10.4. The maximum atomic E-state index is 13.6. The predicted octanol–water partition coefficient (Wildman–Crippen LogP) is 1.89. The summed E-state index contributed by atoms with van der Waals surface area (Å²) in [6.07, 6.45) is 0.590. The predicted molar refractivity (Wildman–Crippen MR) is 97.8 cm³/mol. The van der Waals surface area contributed by atoms with Crippen LogP contribution in [-0.4, -0.2) is 49.4 Å². The Morgan fingerprint density at radius 2 is 2.12 bits per heavy atom. The fourth-order valence-corrected chi connectivity index (χ4v) is 2.10. The van der Waals surface area contributed by atoms with Gasteiger partial charge in [0.1, 0.15) is 5.82 Å². The molecule has 1 amide bonds. The number of carbonyl (C=O) groups excluding carboxylic acids is 1. The van der Waals surface area contributed by atoms with Gasteiger partial charge in [-0.05, 0) is 18.6 Å². The Hall–Kier alpha value is -2.03. The molecule has 1 aromatic heterocycles. The molecule has 0 radical (unpaired) electrons. The molecule has 0 unspecified atom stereocenters. The van der Waals surface area contributed by atoms with Crippen LogP contribution < -0.4 is 10.6 Å². The van der Waals surface area contributed by atoms with E-state index in [9.17, 15) is 9.18 Å². The van der Waals surface area contributed by atoms with Crippen LogP contribution in [0.4, 0.5) is 4.39 Å². The lowest BCUT2D eigenvalue weighted by atomic mass is 10.1. The monoisotopic (exact) mass is 386 g/mol. The van der Waals surface area contributed by atoms with Gasteiger partial charge in [0, 0.05) is 45.1 Å². The first kappa shape index (κ1) is 22.0. The zero-order valence-corrected chi connectivity index (χ0v) is 15.7. The first-order chi connectivity index (χ1) is 12.1. The maximum Gasteiger partial charge on any atom is 0.227 e. The number of aryl methyl sites for hydroxylation is 2. The second-order valence-corrected chi connectivity index (χ2v) is 5.57. The average molecular weight is 387 g/mol. The number of halogens is 2. The third-order valence-electron chi connectivity index (χ3n) is 3.57. The number of benzene rings is 1. The smallest absolute Gasteiger partial charge is 0.227 e. The Morgan fingerprint density at radius 1 is 1.31 bits per heavy atom. The quantitative estimate of drug-likeness (QED) is 0.606. The van der Waals surface area contributed by atoms with Crippen LogP contribution >= 0.6 is 12.4 Å². The summed E-state index contributed by atoms with van der Waals surface area (Å²) in [5.74, 6) is 0.262. The van der Waals surface area contributed by atoms with Crippen LogP contribution in [0, 0.1) is 12.7 Å². The van der Waals surface area contributed by atoms with Crippen molar-refractivity contribution in [3.63, 3.8) is 0 Å². The van der Waals surface area contributed by atoms with E-state index < -0.39 is 0 Å². The van der Waals surface area contributed by atoms with E-state index in [1.54, 1.807) is 26.2 Å². The fraction of sp³-hybridized carbons (Fsp3) is 0.471. The minimum atomic E-state index is -0.317. The van der Waals surface area contributed by atoms with Gasteiger partial charge in [-0.2, -0.15) is 4.98 Å². The summed E-state index contributed by atoms with van der Waals surface area (Å²) in [5.41, 5.74) is 1.10. The van der Waals surface area contributed by atoms with Crippen molar-refractivity contribution in [3.8, 4) is 11.4 Å². The van der Waals surface area contributed by atoms with E-state index in [0.717, 1.165) is 6.54 Å². The Balaban J connectivity index is 0.00000338. The number of nitrogens with zero attached hydrogens (tertiary/aromatic N) is 2. The van der Waals surface area contributed by atoms with E-state index in [0.29, 0.717) is 49.0 Å². The first-order valence-corrected chi connectivity index (χ1v) is 8.15. The third kappa shape index (κ3) is 7.07. The van der Waals surface area contributed by atoms with Gasteiger partial charge in [0.05, 0.1) is 6.61 Å². The molecule has 0 spiro atoms. The second-order valence-electron chi connectivity index (χ2n) is 5.57. The fourth-order valence-electron chi connectivity index (χ4n) is 2.10. The topological polar surface area (TPSA) is 89.3 Å². The van der Waals surface area contributed by atoms with E-state index >= 15 is 0 Å². The van der Waals surface area contributed by atoms with Crippen LogP contribution in [0.25, 0.3) is 11.4 Å². The molecule has 0 saturated carbocycles. The second kappa shape index (κ2) is 11.6. The van der Waals surface area contributed by atoms with Gasteiger partial charge in [0.2, 0.25) is 17.6 Å². The van der Waals surface area contributed by atoms with Crippen molar-refractivity contribution in [3.05, 3.63) is 35.5 Å². The Labute approximate surface area is 158 Å². The molecule has 0 atom stereocenters. The molecule has 0 aliphatic rings. The van der Waals surface area contributed by atoms with Crippen LogP contribution in [0.5, 0.6) is 0 Å². The van der Waals surface area contributed by atoms with Gasteiger partial charge < -0.3 is 19.9 Å². The zero-order chi connectivity index (χ0) is 18.1. The Kier molecular flexibility index (Phi) is 9.79. The van der Waals surface area contributed by atoms with Gasteiger partial charge in [0.15, 0.2) is 0 Å². The summed E-state index contributed by atoms with van der Waals surface area (Å²) >= 11 is 0. The number of methoxy groups -OCH3 is 1. The number of aromatic nitrogens is 2. The minimum Gasteiger partial charge on any atom is -0.383 e. The summed E-state index contributed by atoms with van der Waals surface area (Å²) in [6.45, 7) is 4.29. The summed E-state index contributed by atoms with van der Waals surface area (Å²) < 4.78 is 23.6. The lowest BCUT2D eigenvalue weighted by Crippen LogP contribution is -2.33. The number of amides is 1. The summed E-state index contributed by atoms with van der Waals surface area (Å²) in [6, 6.07) is 4.76. The molecule has 0 fully saturated rings. The largest absolute Gasteiger partial charge is 0.383 e. The molecule has 0 aliphatic heterocycles. The molecular weight excluding hydrogens is 363 g/mol. The molecule has 0 saturated heterocycles. The lowest BCUT2D eigenvalue weighted by Gasteiger charge is -2.05. The van der Waals surface area contributed by atoms with E-state index in [2.05, 4.69) is 20.8 Å². The molecule has 2 aromatic rings. The van der Waals surface area contributed by atoms with Crippen molar-refractivity contribution in [2.24, 2.45) is 0 Å². The van der Waals surface area contributed by atoms with Crippen molar-refractivity contribution >= 4 is 18.3 Å². The number of carbonyl (C=O) groups is 1. The number of rotatable bonds is 10. The summed E-state index contributed by atoms with van der Waals surface area (Å²) in [7, 11) is 1.64. The van der Waals surface area contributed by atoms with E-state index in [4.69, 9.17) is 9.26 Å². The molecule has 144 valence electrons. The van der Waals surface area contributed by atoms with Crippen molar-refractivity contribution in [2.75, 3.05) is 33.4 Å². The van der Waals surface area contributed by atoms with Crippen molar-refractivity contribution < 1.29 is 18.4 Å². The Bertz CT molecular complexity index is 696. The highest BCUT2D eigenvalue weighted by Crippen LogP contribution is 2.19. The van der Waals surface area contributed by atoms with Crippen molar-refractivity contribution in [1.82, 2.24) is 20.8 Å². The number of hydrogen-bond acceptors (Lipinski definition) is 6. The molecule has 0 aliphatic carbocycles. The highest BCUT2D eigenvalue weighted by atomic mass is 35.5. The van der Waals surface area contributed by atoms with Crippen LogP contribution in [0.3, 0.4) is 0 Å². The van der Waals surface area contributed by atoms with Crippen molar-refractivity contribution in [2.45, 2.75) is 19.8 Å². The lowest BCUT2D eigenvalue weighted by molar-refractivity contribution is -0.121. The third-order valence-corrected chi connectivity index (χ3v) is 3.57. The van der Waals surface area contributed by atoms with Gasteiger partial charge in [-0.1, -0.05) is 17.3 Å². The molecule has 9 heteroatoms. The number of nitrogens with one attached hydrogen (secondary N) is 2. The number of hydrogen-bond donors (Lipinski definition) is 2. The highest BCUT2D eigenvalue weighted by molar-refractivity contribution is 5.85. The minimum absolute atomic E-state index is 0. The molecule has 1 heterocycles. The van der Waals surface area contributed by atoms with Gasteiger partial charge in [-0.3, -0.25) is 4.79 Å². The zero-order valence-electron chi connectivity index (χ0n) is 14.9. The van der Waals surface area contributed by atoms with E-state index in [1.807, 2.05) is 0 Å². The van der Waals surface area contributed by atoms with Gasteiger partial charge in [0.25, 0.3) is 0 Å². The van der Waals surface area contributed by atoms with Gasteiger partial charge >= 0.3 is 0 Å². The van der Waals surface area contributed by atoms with E-state index in [1.165, 1.54) is 6.07 Å².